The SMILES string of the molecule is C=CCn1c(SCCCc2nc(-c3ccncc3)no2)nnc1-c1ccoc1C. The Balaban J connectivity index is 1.36. The molecule has 0 fully saturated rings. The lowest BCUT2D eigenvalue weighted by molar-refractivity contribution is 0.378. The topological polar surface area (TPSA) is 95.7 Å². The first-order valence-corrected chi connectivity index (χ1v) is 10.2. The first kappa shape index (κ1) is 19.1. The van der Waals surface area contributed by atoms with Gasteiger partial charge in [0.2, 0.25) is 11.7 Å². The largest absolute Gasteiger partial charge is 0.469 e. The molecular weight excluding hydrogens is 388 g/mol. The van der Waals surface area contributed by atoms with Crippen molar-refractivity contribution < 1.29 is 8.94 Å². The molecule has 0 aromatic carbocycles. The quantitative estimate of drug-likeness (QED) is 0.231. The van der Waals surface area contributed by atoms with E-state index in [4.69, 9.17) is 8.94 Å². The molecule has 0 aliphatic heterocycles. The monoisotopic (exact) mass is 408 g/mol. The highest BCUT2D eigenvalue weighted by Gasteiger charge is 2.16. The summed E-state index contributed by atoms with van der Waals surface area (Å²) in [6, 6.07) is 5.62. The summed E-state index contributed by atoms with van der Waals surface area (Å²) in [6.45, 7) is 6.39. The van der Waals surface area contributed by atoms with Crippen LogP contribution < -0.4 is 0 Å². The number of furan rings is 1. The normalized spacial score (nSPS) is 11.1. The van der Waals surface area contributed by atoms with E-state index in [1.54, 1.807) is 30.4 Å². The van der Waals surface area contributed by atoms with Crippen LogP contribution in [0.15, 0.2) is 63.6 Å². The van der Waals surface area contributed by atoms with Crippen LogP contribution in [0.25, 0.3) is 22.8 Å². The van der Waals surface area contributed by atoms with E-state index in [2.05, 4.69) is 31.9 Å². The molecule has 8 nitrogen and oxygen atoms in total. The van der Waals surface area contributed by atoms with E-state index < -0.39 is 0 Å². The Morgan fingerprint density at radius 2 is 2.07 bits per heavy atom. The maximum absolute atomic E-state index is 5.40. The predicted octanol–water partition coefficient (Wildman–Crippen LogP) is 4.20. The molecule has 4 heterocycles. The molecule has 0 atom stereocenters. The van der Waals surface area contributed by atoms with Gasteiger partial charge in [0.05, 0.1) is 11.8 Å². The zero-order valence-corrected chi connectivity index (χ0v) is 16.8. The van der Waals surface area contributed by atoms with Gasteiger partial charge in [0.1, 0.15) is 5.76 Å². The van der Waals surface area contributed by atoms with Crippen LogP contribution in [0.2, 0.25) is 0 Å². The molecule has 0 spiro atoms. The van der Waals surface area contributed by atoms with Gasteiger partial charge in [-0.05, 0) is 31.5 Å². The van der Waals surface area contributed by atoms with Gasteiger partial charge < -0.3 is 8.94 Å². The van der Waals surface area contributed by atoms with Crippen LogP contribution in [0.5, 0.6) is 0 Å². The lowest BCUT2D eigenvalue weighted by atomic mass is 10.2. The molecule has 0 saturated heterocycles. The smallest absolute Gasteiger partial charge is 0.226 e. The highest BCUT2D eigenvalue weighted by Crippen LogP contribution is 2.27. The Morgan fingerprint density at radius 3 is 2.83 bits per heavy atom. The fourth-order valence-corrected chi connectivity index (χ4v) is 3.75. The molecule has 0 aliphatic carbocycles. The standard InChI is InChI=1S/C20H20N6O2S/c1-3-11-26-19(16-8-12-27-14(16)2)23-24-20(26)29-13-4-5-17-22-18(25-28-17)15-6-9-21-10-7-15/h3,6-10,12H,1,4-5,11,13H2,2H3. The van der Waals surface area contributed by atoms with E-state index in [1.807, 2.05) is 35.8 Å². The van der Waals surface area contributed by atoms with Gasteiger partial charge in [-0.15, -0.1) is 16.8 Å². The van der Waals surface area contributed by atoms with Crippen LogP contribution in [0.4, 0.5) is 0 Å². The van der Waals surface area contributed by atoms with Crippen molar-refractivity contribution in [2.75, 3.05) is 5.75 Å². The third-order valence-corrected chi connectivity index (χ3v) is 5.35. The van der Waals surface area contributed by atoms with E-state index in [-0.39, 0.29) is 0 Å². The average molecular weight is 408 g/mol. The number of hydrogen-bond donors (Lipinski definition) is 0. The number of allylic oxidation sites excluding steroid dienone is 1. The second kappa shape index (κ2) is 8.87. The maximum Gasteiger partial charge on any atom is 0.226 e. The Kier molecular flexibility index (Phi) is 5.85. The molecule has 9 heteroatoms. The molecule has 0 amide bonds. The summed E-state index contributed by atoms with van der Waals surface area (Å²) >= 11 is 1.65. The second-order valence-corrected chi connectivity index (χ2v) is 7.36. The highest BCUT2D eigenvalue weighted by atomic mass is 32.2. The number of pyridine rings is 1. The Bertz CT molecular complexity index is 1090. The van der Waals surface area contributed by atoms with E-state index in [1.165, 1.54) is 0 Å². The highest BCUT2D eigenvalue weighted by molar-refractivity contribution is 7.99. The first-order valence-electron chi connectivity index (χ1n) is 9.20. The fraction of sp³-hybridized carbons (Fsp3) is 0.250. The molecule has 0 unspecified atom stereocenters. The number of thioether (sulfide) groups is 1. The molecule has 4 rings (SSSR count). The third-order valence-electron chi connectivity index (χ3n) is 4.30. The minimum Gasteiger partial charge on any atom is -0.469 e. The number of nitrogens with zero attached hydrogens (tertiary/aromatic N) is 6. The molecule has 0 bridgehead atoms. The fourth-order valence-electron chi connectivity index (χ4n) is 2.87. The average Bonchev–Trinajstić information content (AvgIpc) is 3.47. The van der Waals surface area contributed by atoms with Gasteiger partial charge in [-0.3, -0.25) is 9.55 Å². The first-order chi connectivity index (χ1) is 14.3. The Hall–Kier alpha value is -3.20. The van der Waals surface area contributed by atoms with E-state index in [0.29, 0.717) is 24.7 Å². The van der Waals surface area contributed by atoms with Crippen molar-refractivity contribution in [2.24, 2.45) is 0 Å². The summed E-state index contributed by atoms with van der Waals surface area (Å²) in [5, 5.41) is 13.6. The number of hydrogen-bond acceptors (Lipinski definition) is 8. The summed E-state index contributed by atoms with van der Waals surface area (Å²) in [7, 11) is 0. The molecular formula is C20H20N6O2S. The minimum absolute atomic E-state index is 0.584. The van der Waals surface area contributed by atoms with Gasteiger partial charge >= 0.3 is 0 Å². The van der Waals surface area contributed by atoms with Crippen LogP contribution in [0, 0.1) is 6.92 Å². The van der Waals surface area contributed by atoms with Crippen LogP contribution >= 0.6 is 11.8 Å². The molecule has 4 aromatic rings. The van der Waals surface area contributed by atoms with Crippen LogP contribution in [0.3, 0.4) is 0 Å². The van der Waals surface area contributed by atoms with Crippen LogP contribution in [-0.2, 0) is 13.0 Å². The summed E-state index contributed by atoms with van der Waals surface area (Å²) in [6.07, 6.45) is 8.50. The zero-order valence-electron chi connectivity index (χ0n) is 16.0. The van der Waals surface area contributed by atoms with Crippen molar-refractivity contribution in [1.29, 1.82) is 0 Å². The minimum atomic E-state index is 0.584. The molecule has 0 aliphatic rings. The predicted molar refractivity (Wildman–Crippen MR) is 109 cm³/mol. The zero-order chi connectivity index (χ0) is 20.1. The van der Waals surface area contributed by atoms with Crippen molar-refractivity contribution in [3.05, 3.63) is 61.2 Å². The summed E-state index contributed by atoms with van der Waals surface area (Å²) < 4.78 is 12.8. The molecule has 0 radical (unpaired) electrons. The molecule has 0 saturated carbocycles. The maximum atomic E-state index is 5.40. The molecule has 29 heavy (non-hydrogen) atoms. The lowest BCUT2D eigenvalue weighted by Crippen LogP contribution is -2.01. The van der Waals surface area contributed by atoms with Crippen LogP contribution in [0.1, 0.15) is 18.1 Å². The summed E-state index contributed by atoms with van der Waals surface area (Å²) in [5.41, 5.74) is 1.84. The third kappa shape index (κ3) is 4.29. The van der Waals surface area contributed by atoms with Gasteiger partial charge in [-0.25, -0.2) is 0 Å². The molecule has 4 aromatic heterocycles. The van der Waals surface area contributed by atoms with E-state index >= 15 is 0 Å². The lowest BCUT2D eigenvalue weighted by Gasteiger charge is -2.06. The Morgan fingerprint density at radius 1 is 1.21 bits per heavy atom. The van der Waals surface area contributed by atoms with Gasteiger partial charge in [0.25, 0.3) is 0 Å². The molecule has 148 valence electrons. The second-order valence-electron chi connectivity index (χ2n) is 6.30. The van der Waals surface area contributed by atoms with Crippen molar-refractivity contribution in [3.63, 3.8) is 0 Å². The summed E-state index contributed by atoms with van der Waals surface area (Å²) in [5.74, 6) is 3.67. The van der Waals surface area contributed by atoms with Crippen molar-refractivity contribution in [2.45, 2.75) is 31.5 Å². The van der Waals surface area contributed by atoms with Crippen molar-refractivity contribution >= 4 is 11.8 Å². The summed E-state index contributed by atoms with van der Waals surface area (Å²) in [4.78, 5) is 8.44. The van der Waals surface area contributed by atoms with Gasteiger partial charge in [-0.2, -0.15) is 4.98 Å². The van der Waals surface area contributed by atoms with Crippen molar-refractivity contribution in [3.8, 4) is 22.8 Å². The van der Waals surface area contributed by atoms with Gasteiger partial charge in [0.15, 0.2) is 11.0 Å². The Labute approximate surface area is 172 Å². The van der Waals surface area contributed by atoms with E-state index in [9.17, 15) is 0 Å². The van der Waals surface area contributed by atoms with Gasteiger partial charge in [0, 0.05) is 36.7 Å². The van der Waals surface area contributed by atoms with E-state index in [0.717, 1.165) is 40.0 Å². The number of aryl methyl sites for hydroxylation is 2. The molecule has 0 N–H and O–H groups in total. The van der Waals surface area contributed by atoms with Crippen LogP contribution in [-0.4, -0.2) is 35.6 Å². The number of aromatic nitrogens is 6. The number of rotatable bonds is 9. The van der Waals surface area contributed by atoms with Gasteiger partial charge in [-0.1, -0.05) is 23.0 Å². The van der Waals surface area contributed by atoms with Crippen molar-refractivity contribution in [1.82, 2.24) is 29.9 Å².